The maximum Gasteiger partial charge on any atom is 0.338 e. The summed E-state index contributed by atoms with van der Waals surface area (Å²) in [5.41, 5.74) is 3.33. The Kier molecular flexibility index (Phi) is 6.40. The molecule has 3 aromatic carbocycles. The fourth-order valence-electron chi connectivity index (χ4n) is 3.61. The van der Waals surface area contributed by atoms with Crippen LogP contribution >= 0.6 is 0 Å². The molecule has 4 rings (SSSR count). The maximum absolute atomic E-state index is 13.3. The average molecular weight is 431 g/mol. The first kappa shape index (κ1) is 21.4. The van der Waals surface area contributed by atoms with Gasteiger partial charge in [0.1, 0.15) is 17.1 Å². The van der Waals surface area contributed by atoms with Crippen molar-refractivity contribution in [1.29, 1.82) is 0 Å². The molecule has 0 amide bonds. The Hall–Kier alpha value is -3.80. The molecule has 0 bridgehead atoms. The highest BCUT2D eigenvalue weighted by atomic mass is 19.1. The number of benzene rings is 3. The van der Waals surface area contributed by atoms with E-state index in [1.54, 1.807) is 49.4 Å². The standard InChI is InChI=1S/C26H22FNO4/c1-2-31-26(30)19-11-9-18(10-12-19)21(15-17-7-13-20(27)14-8-17)23(29)16-25-28-22-5-3-4-6-24(22)32-25/h3-14,21H,2,15-16H2,1H3. The van der Waals surface area contributed by atoms with E-state index in [1.165, 1.54) is 12.1 Å². The lowest BCUT2D eigenvalue weighted by Gasteiger charge is -2.16. The normalized spacial score (nSPS) is 11.9. The van der Waals surface area contributed by atoms with Crippen molar-refractivity contribution in [3.8, 4) is 0 Å². The molecule has 1 aromatic heterocycles. The Morgan fingerprint density at radius 2 is 1.72 bits per heavy atom. The summed E-state index contributed by atoms with van der Waals surface area (Å²) in [6, 6.07) is 20.2. The number of carbonyl (C=O) groups is 2. The second-order valence-corrected chi connectivity index (χ2v) is 7.44. The first-order valence-corrected chi connectivity index (χ1v) is 10.4. The molecule has 0 fully saturated rings. The van der Waals surface area contributed by atoms with Crippen molar-refractivity contribution in [3.63, 3.8) is 0 Å². The van der Waals surface area contributed by atoms with Gasteiger partial charge in [0.15, 0.2) is 5.58 Å². The summed E-state index contributed by atoms with van der Waals surface area (Å²) in [5, 5.41) is 0. The van der Waals surface area contributed by atoms with Gasteiger partial charge in [0, 0.05) is 5.92 Å². The molecule has 0 saturated carbocycles. The van der Waals surface area contributed by atoms with Gasteiger partial charge in [-0.1, -0.05) is 36.4 Å². The number of ether oxygens (including phenoxy) is 1. The zero-order chi connectivity index (χ0) is 22.5. The van der Waals surface area contributed by atoms with Crippen LogP contribution in [-0.4, -0.2) is 23.3 Å². The number of para-hydroxylation sites is 2. The Morgan fingerprint density at radius 3 is 2.41 bits per heavy atom. The van der Waals surface area contributed by atoms with E-state index < -0.39 is 11.9 Å². The molecule has 0 radical (unpaired) electrons. The van der Waals surface area contributed by atoms with Gasteiger partial charge in [0.05, 0.1) is 18.6 Å². The van der Waals surface area contributed by atoms with Gasteiger partial charge in [-0.05, 0) is 60.9 Å². The highest BCUT2D eigenvalue weighted by Gasteiger charge is 2.24. The van der Waals surface area contributed by atoms with E-state index in [9.17, 15) is 14.0 Å². The maximum atomic E-state index is 13.3. The third kappa shape index (κ3) is 4.91. The first-order chi connectivity index (χ1) is 15.5. The fraction of sp³-hybridized carbons (Fsp3) is 0.192. The predicted molar refractivity (Wildman–Crippen MR) is 118 cm³/mol. The average Bonchev–Trinajstić information content (AvgIpc) is 3.21. The van der Waals surface area contributed by atoms with E-state index in [0.717, 1.165) is 11.1 Å². The van der Waals surface area contributed by atoms with Crippen molar-refractivity contribution in [3.05, 3.63) is 101 Å². The number of hydrogen-bond donors (Lipinski definition) is 0. The molecule has 0 aliphatic rings. The van der Waals surface area contributed by atoms with Crippen LogP contribution in [0, 0.1) is 5.82 Å². The van der Waals surface area contributed by atoms with Crippen LogP contribution in [0.15, 0.2) is 77.2 Å². The van der Waals surface area contributed by atoms with Crippen molar-refractivity contribution < 1.29 is 23.1 Å². The number of hydrogen-bond acceptors (Lipinski definition) is 5. The third-order valence-electron chi connectivity index (χ3n) is 5.23. The highest BCUT2D eigenvalue weighted by molar-refractivity contribution is 5.90. The van der Waals surface area contributed by atoms with Crippen LogP contribution in [0.4, 0.5) is 4.39 Å². The number of nitrogens with zero attached hydrogens (tertiary/aromatic N) is 1. The van der Waals surface area contributed by atoms with Crippen LogP contribution in [0.25, 0.3) is 11.1 Å². The predicted octanol–water partition coefficient (Wildman–Crippen LogP) is 5.28. The summed E-state index contributed by atoms with van der Waals surface area (Å²) < 4.78 is 24.1. The van der Waals surface area contributed by atoms with E-state index in [1.807, 2.05) is 18.2 Å². The topological polar surface area (TPSA) is 69.4 Å². The molecule has 1 unspecified atom stereocenters. The van der Waals surface area contributed by atoms with Crippen LogP contribution in [0.1, 0.15) is 40.2 Å². The minimum absolute atomic E-state index is 0.0279. The van der Waals surface area contributed by atoms with Gasteiger partial charge >= 0.3 is 5.97 Å². The van der Waals surface area contributed by atoms with Crippen LogP contribution in [0.5, 0.6) is 0 Å². The zero-order valence-corrected chi connectivity index (χ0v) is 17.6. The first-order valence-electron chi connectivity index (χ1n) is 10.4. The second-order valence-electron chi connectivity index (χ2n) is 7.44. The summed E-state index contributed by atoms with van der Waals surface area (Å²) in [6.07, 6.45) is 0.415. The van der Waals surface area contributed by atoms with Crippen molar-refractivity contribution in [1.82, 2.24) is 4.98 Å². The molecule has 0 spiro atoms. The van der Waals surface area contributed by atoms with Crippen molar-refractivity contribution in [2.75, 3.05) is 6.61 Å². The number of ketones is 1. The van der Waals surface area contributed by atoms with Crippen LogP contribution < -0.4 is 0 Å². The number of esters is 1. The monoisotopic (exact) mass is 431 g/mol. The minimum atomic E-state index is -0.508. The Morgan fingerprint density at radius 1 is 1.00 bits per heavy atom. The van der Waals surface area contributed by atoms with Gasteiger partial charge < -0.3 is 9.15 Å². The largest absolute Gasteiger partial charge is 0.462 e. The van der Waals surface area contributed by atoms with E-state index >= 15 is 0 Å². The molecule has 32 heavy (non-hydrogen) atoms. The van der Waals surface area contributed by atoms with Crippen LogP contribution in [0.2, 0.25) is 0 Å². The van der Waals surface area contributed by atoms with E-state index in [4.69, 9.17) is 9.15 Å². The molecule has 1 heterocycles. The summed E-state index contributed by atoms with van der Waals surface area (Å²) in [7, 11) is 0. The van der Waals surface area contributed by atoms with Crippen LogP contribution in [0.3, 0.4) is 0 Å². The Balaban J connectivity index is 1.61. The highest BCUT2D eigenvalue weighted by Crippen LogP contribution is 2.26. The molecule has 1 atom stereocenters. The third-order valence-corrected chi connectivity index (χ3v) is 5.23. The summed E-state index contributed by atoms with van der Waals surface area (Å²) in [6.45, 7) is 2.03. The Bertz CT molecular complexity index is 1200. The van der Waals surface area contributed by atoms with Crippen molar-refractivity contribution >= 4 is 22.9 Å². The number of oxazole rings is 1. The number of carbonyl (C=O) groups excluding carboxylic acids is 2. The van der Waals surface area contributed by atoms with E-state index in [-0.39, 0.29) is 24.6 Å². The summed E-state index contributed by atoms with van der Waals surface area (Å²) in [5.74, 6) is -0.978. The van der Waals surface area contributed by atoms with Gasteiger partial charge in [-0.2, -0.15) is 0 Å². The van der Waals surface area contributed by atoms with Gasteiger partial charge in [0.2, 0.25) is 5.89 Å². The molecule has 6 heteroatoms. The lowest BCUT2D eigenvalue weighted by atomic mass is 9.86. The summed E-state index contributed by atoms with van der Waals surface area (Å²) in [4.78, 5) is 29.7. The van der Waals surface area contributed by atoms with Gasteiger partial charge in [-0.3, -0.25) is 4.79 Å². The second kappa shape index (κ2) is 9.56. The lowest BCUT2D eigenvalue weighted by molar-refractivity contribution is -0.120. The zero-order valence-electron chi connectivity index (χ0n) is 17.6. The fourth-order valence-corrected chi connectivity index (χ4v) is 3.61. The SMILES string of the molecule is CCOC(=O)c1ccc(C(Cc2ccc(F)cc2)C(=O)Cc2nc3ccccc3o2)cc1. The van der Waals surface area contributed by atoms with E-state index in [0.29, 0.717) is 29.0 Å². The van der Waals surface area contributed by atoms with Gasteiger partial charge in [0.25, 0.3) is 0 Å². The lowest BCUT2D eigenvalue weighted by Crippen LogP contribution is -2.18. The molecule has 0 N–H and O–H groups in total. The number of rotatable bonds is 8. The molecule has 0 aliphatic heterocycles. The van der Waals surface area contributed by atoms with Crippen LogP contribution in [-0.2, 0) is 22.4 Å². The van der Waals surface area contributed by atoms with Crippen molar-refractivity contribution in [2.24, 2.45) is 0 Å². The molecule has 162 valence electrons. The van der Waals surface area contributed by atoms with Gasteiger partial charge in [-0.25, -0.2) is 14.2 Å². The minimum Gasteiger partial charge on any atom is -0.462 e. The van der Waals surface area contributed by atoms with Crippen molar-refractivity contribution in [2.45, 2.75) is 25.7 Å². The smallest absolute Gasteiger partial charge is 0.338 e. The number of aromatic nitrogens is 1. The molecule has 5 nitrogen and oxygen atoms in total. The van der Waals surface area contributed by atoms with Gasteiger partial charge in [-0.15, -0.1) is 0 Å². The number of Topliss-reactive ketones (excluding diaryl/α,β-unsaturated/α-hetero) is 1. The number of fused-ring (bicyclic) bond motifs is 1. The number of halogens is 1. The molecular formula is C26H22FNO4. The molecular weight excluding hydrogens is 409 g/mol. The van der Waals surface area contributed by atoms with E-state index in [2.05, 4.69) is 4.98 Å². The molecule has 0 saturated heterocycles. The summed E-state index contributed by atoms with van der Waals surface area (Å²) >= 11 is 0. The molecule has 0 aliphatic carbocycles. The molecule has 4 aromatic rings. The Labute approximate surface area is 184 Å². The quantitative estimate of drug-likeness (QED) is 0.355.